The normalized spacial score (nSPS) is 11.6. The van der Waals surface area contributed by atoms with Crippen molar-refractivity contribution in [3.05, 3.63) is 83.4 Å². The number of phenols is 1. The summed E-state index contributed by atoms with van der Waals surface area (Å²) in [5.74, 6) is -3.33. The number of benzene rings is 3. The molecule has 3 aromatic carbocycles. The van der Waals surface area contributed by atoms with Crippen LogP contribution in [0.2, 0.25) is 5.02 Å². The van der Waals surface area contributed by atoms with E-state index in [-0.39, 0.29) is 23.5 Å². The molecule has 0 aliphatic heterocycles. The van der Waals surface area contributed by atoms with E-state index in [2.05, 4.69) is 0 Å². The number of rotatable bonds is 9. The van der Waals surface area contributed by atoms with Crippen LogP contribution >= 0.6 is 23.4 Å². The van der Waals surface area contributed by atoms with Gasteiger partial charge in [0, 0.05) is 27.7 Å². The van der Waals surface area contributed by atoms with Crippen LogP contribution in [0, 0.1) is 5.92 Å². The molecule has 3 aromatic rings. The number of ketones is 2. The van der Waals surface area contributed by atoms with Gasteiger partial charge < -0.3 is 10.2 Å². The fourth-order valence-electron chi connectivity index (χ4n) is 2.89. The van der Waals surface area contributed by atoms with Crippen molar-refractivity contribution in [2.75, 3.05) is 5.75 Å². The third kappa shape index (κ3) is 6.20. The molecule has 0 saturated heterocycles. The highest BCUT2D eigenvalue weighted by molar-refractivity contribution is 7.99. The van der Waals surface area contributed by atoms with Gasteiger partial charge in [-0.25, -0.2) is 0 Å². The first-order chi connectivity index (χ1) is 14.8. The predicted octanol–water partition coefficient (Wildman–Crippen LogP) is 5.35. The molecular formula is C24H19ClO5S. The second-order valence-electron chi connectivity index (χ2n) is 6.88. The Hall–Kier alpha value is -3.09. The van der Waals surface area contributed by atoms with Gasteiger partial charge in [0.25, 0.3) is 0 Å². The number of aliphatic carboxylic acids is 1. The molecule has 31 heavy (non-hydrogen) atoms. The molecule has 3 rings (SSSR count). The fraction of sp³-hybridized carbons (Fsp3) is 0.125. The molecule has 0 aromatic heterocycles. The number of Topliss-reactive ketones (excluding diaryl/α,β-unsaturated/α-hetero) is 2. The molecule has 0 spiro atoms. The molecule has 0 saturated carbocycles. The average Bonchev–Trinajstić information content (AvgIpc) is 2.77. The molecule has 0 heterocycles. The number of hydrogen-bond donors (Lipinski definition) is 2. The Morgan fingerprint density at radius 3 is 1.94 bits per heavy atom. The van der Waals surface area contributed by atoms with Crippen LogP contribution in [0.4, 0.5) is 0 Å². The maximum atomic E-state index is 12.5. The van der Waals surface area contributed by atoms with E-state index in [4.69, 9.17) is 11.6 Å². The third-order valence-electron chi connectivity index (χ3n) is 4.65. The minimum Gasteiger partial charge on any atom is -0.508 e. The van der Waals surface area contributed by atoms with Gasteiger partial charge in [-0.1, -0.05) is 48.0 Å². The predicted molar refractivity (Wildman–Crippen MR) is 121 cm³/mol. The van der Waals surface area contributed by atoms with Crippen LogP contribution in [-0.2, 0) is 9.59 Å². The van der Waals surface area contributed by atoms with E-state index in [1.165, 1.54) is 23.9 Å². The lowest BCUT2D eigenvalue weighted by atomic mass is 9.97. The van der Waals surface area contributed by atoms with Crippen LogP contribution in [0.15, 0.2) is 77.7 Å². The van der Waals surface area contributed by atoms with Gasteiger partial charge in [0.15, 0.2) is 0 Å². The molecule has 0 bridgehead atoms. The standard InChI is InChI=1S/C24H19ClO5S/c25-19-7-5-16(6-8-19)15-1-3-17(4-2-15)23(28)22(27)13-18(24(29)30)14-31-21-11-9-20(26)10-12-21/h1-12,18,26H,13-14H2,(H,29,30)/t18-/m1/s1. The zero-order valence-electron chi connectivity index (χ0n) is 16.3. The highest BCUT2D eigenvalue weighted by Gasteiger charge is 2.26. The first kappa shape index (κ1) is 22.6. The lowest BCUT2D eigenvalue weighted by Gasteiger charge is -2.11. The Labute approximate surface area is 188 Å². The summed E-state index contributed by atoms with van der Waals surface area (Å²) in [6.45, 7) is 0. The van der Waals surface area contributed by atoms with Crippen LogP contribution in [0.1, 0.15) is 16.8 Å². The fourth-order valence-corrected chi connectivity index (χ4v) is 4.00. The average molecular weight is 455 g/mol. The Morgan fingerprint density at radius 1 is 0.839 bits per heavy atom. The first-order valence-corrected chi connectivity index (χ1v) is 10.8. The lowest BCUT2D eigenvalue weighted by Crippen LogP contribution is -2.24. The molecule has 5 nitrogen and oxygen atoms in total. The summed E-state index contributed by atoms with van der Waals surface area (Å²) < 4.78 is 0. The van der Waals surface area contributed by atoms with Gasteiger partial charge >= 0.3 is 5.97 Å². The van der Waals surface area contributed by atoms with Crippen molar-refractivity contribution in [1.82, 2.24) is 0 Å². The Kier molecular flexibility index (Phi) is 7.50. The lowest BCUT2D eigenvalue weighted by molar-refractivity contribution is -0.142. The van der Waals surface area contributed by atoms with Gasteiger partial charge in [0.05, 0.1) is 5.92 Å². The van der Waals surface area contributed by atoms with Crippen LogP contribution in [0.5, 0.6) is 5.75 Å². The monoisotopic (exact) mass is 454 g/mol. The van der Waals surface area contributed by atoms with Crippen LogP contribution in [0.25, 0.3) is 11.1 Å². The molecule has 158 valence electrons. The number of thioether (sulfide) groups is 1. The minimum absolute atomic E-state index is 0.113. The van der Waals surface area contributed by atoms with Crippen LogP contribution in [-0.4, -0.2) is 33.5 Å². The summed E-state index contributed by atoms with van der Waals surface area (Å²) in [6.07, 6.45) is -0.377. The molecule has 0 aliphatic rings. The minimum atomic E-state index is -1.13. The molecular weight excluding hydrogens is 436 g/mol. The van der Waals surface area contributed by atoms with Gasteiger partial charge in [-0.15, -0.1) is 11.8 Å². The second kappa shape index (κ2) is 10.3. The number of phenolic OH excluding ortho intramolecular Hbond substituents is 1. The van der Waals surface area contributed by atoms with Gasteiger partial charge in [0.2, 0.25) is 11.6 Å². The van der Waals surface area contributed by atoms with Crippen molar-refractivity contribution in [2.45, 2.75) is 11.3 Å². The SMILES string of the molecule is O=C(C[C@H](CSc1ccc(O)cc1)C(=O)O)C(=O)c1ccc(-c2ccc(Cl)cc2)cc1. The van der Waals surface area contributed by atoms with Crippen molar-refractivity contribution >= 4 is 40.9 Å². The van der Waals surface area contributed by atoms with E-state index in [0.29, 0.717) is 5.02 Å². The van der Waals surface area contributed by atoms with Gasteiger partial charge in [-0.05, 0) is 47.5 Å². The number of aromatic hydroxyl groups is 1. The summed E-state index contributed by atoms with van der Waals surface area (Å²) in [7, 11) is 0. The molecule has 2 N–H and O–H groups in total. The third-order valence-corrected chi connectivity index (χ3v) is 6.07. The number of hydrogen-bond acceptors (Lipinski definition) is 5. The zero-order valence-corrected chi connectivity index (χ0v) is 17.9. The van der Waals surface area contributed by atoms with Gasteiger partial charge in [-0.2, -0.15) is 0 Å². The molecule has 0 unspecified atom stereocenters. The van der Waals surface area contributed by atoms with Crippen molar-refractivity contribution in [3.63, 3.8) is 0 Å². The van der Waals surface area contributed by atoms with Crippen LogP contribution in [0.3, 0.4) is 0 Å². The Bertz CT molecular complexity index is 1080. The molecule has 7 heteroatoms. The van der Waals surface area contributed by atoms with Crippen molar-refractivity contribution < 1.29 is 24.6 Å². The van der Waals surface area contributed by atoms with E-state index < -0.39 is 23.5 Å². The van der Waals surface area contributed by atoms with Crippen molar-refractivity contribution in [3.8, 4) is 16.9 Å². The topological polar surface area (TPSA) is 91.7 Å². The largest absolute Gasteiger partial charge is 0.508 e. The number of carboxylic acid groups (broad SMARTS) is 1. The summed E-state index contributed by atoms with van der Waals surface area (Å²) in [4.78, 5) is 37.3. The van der Waals surface area contributed by atoms with E-state index in [1.807, 2.05) is 12.1 Å². The highest BCUT2D eigenvalue weighted by atomic mass is 35.5. The number of carbonyl (C=O) groups is 3. The molecule has 0 radical (unpaired) electrons. The van der Waals surface area contributed by atoms with E-state index in [1.54, 1.807) is 48.5 Å². The number of halogens is 1. The molecule has 0 aliphatic carbocycles. The quantitative estimate of drug-likeness (QED) is 0.257. The van der Waals surface area contributed by atoms with Crippen molar-refractivity contribution in [1.29, 1.82) is 0 Å². The zero-order chi connectivity index (χ0) is 22.4. The van der Waals surface area contributed by atoms with E-state index >= 15 is 0 Å². The summed E-state index contributed by atoms with van der Waals surface area (Å²) in [5, 5.41) is 19.4. The number of carbonyl (C=O) groups excluding carboxylic acids is 2. The summed E-state index contributed by atoms with van der Waals surface area (Å²) >= 11 is 7.14. The maximum Gasteiger partial charge on any atom is 0.307 e. The second-order valence-corrected chi connectivity index (χ2v) is 8.41. The molecule has 0 amide bonds. The molecule has 1 atom stereocenters. The van der Waals surface area contributed by atoms with E-state index in [0.717, 1.165) is 16.0 Å². The smallest absolute Gasteiger partial charge is 0.307 e. The highest BCUT2D eigenvalue weighted by Crippen LogP contribution is 2.25. The Balaban J connectivity index is 1.63. The van der Waals surface area contributed by atoms with E-state index in [9.17, 15) is 24.6 Å². The van der Waals surface area contributed by atoms with Crippen LogP contribution < -0.4 is 0 Å². The van der Waals surface area contributed by atoms with Crippen molar-refractivity contribution in [2.24, 2.45) is 5.92 Å². The van der Waals surface area contributed by atoms with Gasteiger partial charge in [0.1, 0.15) is 5.75 Å². The maximum absolute atomic E-state index is 12.5. The first-order valence-electron chi connectivity index (χ1n) is 9.41. The Morgan fingerprint density at radius 2 is 1.39 bits per heavy atom. The summed E-state index contributed by atoms with van der Waals surface area (Å²) in [6, 6.07) is 20.2. The molecule has 0 fully saturated rings. The number of carboxylic acids is 1. The summed E-state index contributed by atoms with van der Waals surface area (Å²) in [5.41, 5.74) is 2.01. The van der Waals surface area contributed by atoms with Gasteiger partial charge in [-0.3, -0.25) is 14.4 Å².